The van der Waals surface area contributed by atoms with Crippen LogP contribution in [0.3, 0.4) is 0 Å². The van der Waals surface area contributed by atoms with Gasteiger partial charge in [-0.1, -0.05) is 97.1 Å². The smallest absolute Gasteiger partial charge is 0.399 e. The summed E-state index contributed by atoms with van der Waals surface area (Å²) in [5.74, 6) is 3.39. The van der Waals surface area contributed by atoms with Crippen LogP contribution in [0.25, 0.3) is 21.5 Å². The molecule has 0 radical (unpaired) electrons. The van der Waals surface area contributed by atoms with E-state index in [-0.39, 0.29) is 0 Å². The summed E-state index contributed by atoms with van der Waals surface area (Å²) in [5.41, 5.74) is 4.76. The minimum Gasteiger partial charge on any atom is -0.399 e. The second-order valence-electron chi connectivity index (χ2n) is 11.1. The number of aliphatic imine (C=N–C) groups is 4. The lowest BCUT2D eigenvalue weighted by Gasteiger charge is -2.26. The zero-order valence-corrected chi connectivity index (χ0v) is 23.8. The molecule has 0 fully saturated rings. The first-order valence-corrected chi connectivity index (χ1v) is 16.4. The Morgan fingerprint density at radius 1 is 0.442 bits per heavy atom. The van der Waals surface area contributed by atoms with Gasteiger partial charge in [0.15, 0.2) is 23.3 Å². The van der Waals surface area contributed by atoms with Crippen LogP contribution in [0.4, 0.5) is 11.6 Å². The second-order valence-corrected chi connectivity index (χ2v) is 13.9. The average molecular weight is 573 g/mol. The van der Waals surface area contributed by atoms with Crippen molar-refractivity contribution in [3.05, 3.63) is 130 Å². The lowest BCUT2D eigenvalue weighted by molar-refractivity contribution is 0.500. The first-order valence-electron chi connectivity index (χ1n) is 14.1. The Bertz CT molecular complexity index is 2380. The number of benzene rings is 4. The van der Waals surface area contributed by atoms with E-state index in [1.54, 1.807) is 0 Å². The first-order chi connectivity index (χ1) is 21.1. The molecule has 9 nitrogen and oxygen atoms in total. The third-order valence-corrected chi connectivity index (χ3v) is 11.1. The van der Waals surface area contributed by atoms with E-state index < -0.39 is 8.64 Å². The fourth-order valence-electron chi connectivity index (χ4n) is 6.70. The molecule has 1 atom stereocenters. The third kappa shape index (κ3) is 2.88. The monoisotopic (exact) mass is 572 g/mol. The summed E-state index contributed by atoms with van der Waals surface area (Å²) < 4.78 is 3.83. The van der Waals surface area contributed by atoms with E-state index in [4.69, 9.17) is 30.0 Å². The SMILES string of the molecule is C[Si]1(O)n2c3c4ccccc4c2N=C2N=C(N=c4c5ccccc5c(n41)=NC1=NC(=N3)c3ccccc31)c1ccccc12. The molecule has 2 aromatic heterocycles. The minimum atomic E-state index is -3.80. The summed E-state index contributed by atoms with van der Waals surface area (Å²) >= 11 is 0. The summed E-state index contributed by atoms with van der Waals surface area (Å²) in [6.07, 6.45) is 0. The highest BCUT2D eigenvalue weighted by atomic mass is 28.4. The zero-order valence-electron chi connectivity index (χ0n) is 22.8. The van der Waals surface area contributed by atoms with Gasteiger partial charge >= 0.3 is 8.64 Å². The molecule has 1 unspecified atom stereocenters. The fourth-order valence-corrected chi connectivity index (χ4v) is 9.19. The number of hydrogen-bond acceptors (Lipinski definition) is 7. The average Bonchev–Trinajstić information content (AvgIpc) is 3.74. The highest BCUT2D eigenvalue weighted by Crippen LogP contribution is 2.42. The maximum atomic E-state index is 13.1. The molecule has 6 heterocycles. The number of fused-ring (bicyclic) bond motifs is 14. The van der Waals surface area contributed by atoms with Gasteiger partial charge in [0.1, 0.15) is 22.6 Å². The molecule has 43 heavy (non-hydrogen) atoms. The molecular weight excluding hydrogens is 553 g/mol. The standard InChI is InChI=1S/C33H20N8OSi/c1-43(42)40-30-22-14-6-7-15-23(22)32(40)38-28-20-12-4-5-13-21(20)29(35-28)39-33-25-17-9-8-16-24(25)31(41(33)43)37-27-19-11-3-2-10-18(19)26(34-27)36-30/h2-17,42H,1H3. The Hall–Kier alpha value is -5.58. The Morgan fingerprint density at radius 2 is 0.791 bits per heavy atom. The normalized spacial score (nSPS) is 19.0. The Labute approximate surface area is 244 Å². The van der Waals surface area contributed by atoms with Gasteiger partial charge < -0.3 is 4.80 Å². The third-order valence-electron chi connectivity index (χ3n) is 8.60. The van der Waals surface area contributed by atoms with Crippen LogP contribution in [-0.4, -0.2) is 45.2 Å². The Kier molecular flexibility index (Phi) is 4.19. The molecule has 4 aliphatic heterocycles. The van der Waals surface area contributed by atoms with Crippen LogP contribution in [0.2, 0.25) is 6.55 Å². The molecule has 6 aromatic rings. The predicted molar refractivity (Wildman–Crippen MR) is 169 cm³/mol. The number of rotatable bonds is 0. The second kappa shape index (κ2) is 7.82. The molecule has 10 rings (SSSR count). The van der Waals surface area contributed by atoms with Gasteiger partial charge in [0.2, 0.25) is 0 Å². The van der Waals surface area contributed by atoms with Crippen LogP contribution in [0.1, 0.15) is 22.3 Å². The molecule has 0 saturated heterocycles. The van der Waals surface area contributed by atoms with Crippen LogP contribution >= 0.6 is 0 Å². The van der Waals surface area contributed by atoms with E-state index in [9.17, 15) is 4.80 Å². The number of nitrogens with zero attached hydrogens (tertiary/aromatic N) is 8. The molecule has 0 amide bonds. The van der Waals surface area contributed by atoms with Gasteiger partial charge in [0, 0.05) is 43.8 Å². The van der Waals surface area contributed by atoms with Crippen molar-refractivity contribution in [2.45, 2.75) is 6.55 Å². The van der Waals surface area contributed by atoms with E-state index in [0.29, 0.717) is 46.0 Å². The van der Waals surface area contributed by atoms with Crippen molar-refractivity contribution in [1.82, 2.24) is 8.47 Å². The Morgan fingerprint density at radius 3 is 1.21 bits per heavy atom. The molecule has 0 saturated carbocycles. The number of aromatic nitrogens is 2. The minimum absolute atomic E-state index is 0.552. The first kappa shape index (κ1) is 23.0. The molecule has 6 bridgehead atoms. The van der Waals surface area contributed by atoms with E-state index in [2.05, 4.69) is 0 Å². The fraction of sp³-hybridized carbons (Fsp3) is 0.0303. The van der Waals surface area contributed by atoms with E-state index >= 15 is 0 Å². The topological polar surface area (TPSA) is 104 Å². The summed E-state index contributed by atoms with van der Waals surface area (Å²) in [6.45, 7) is 1.88. The predicted octanol–water partition coefficient (Wildman–Crippen LogP) is 4.50. The zero-order chi connectivity index (χ0) is 28.4. The van der Waals surface area contributed by atoms with Gasteiger partial charge in [-0.05, 0) is 6.55 Å². The molecule has 4 aliphatic rings. The quantitative estimate of drug-likeness (QED) is 0.266. The van der Waals surface area contributed by atoms with E-state index in [1.807, 2.05) is 112 Å². The van der Waals surface area contributed by atoms with Gasteiger partial charge in [0.05, 0.1) is 0 Å². The summed E-state index contributed by atoms with van der Waals surface area (Å²) in [5, 5.41) is 3.47. The number of amidine groups is 4. The number of hydrogen-bond donors (Lipinski definition) is 1. The molecule has 4 aromatic carbocycles. The van der Waals surface area contributed by atoms with E-state index in [0.717, 1.165) is 43.8 Å². The van der Waals surface area contributed by atoms with Crippen LogP contribution in [0.5, 0.6) is 0 Å². The summed E-state index contributed by atoms with van der Waals surface area (Å²) in [6, 6.07) is 32.0. The largest absolute Gasteiger partial charge is 0.427 e. The van der Waals surface area contributed by atoms with Crippen LogP contribution in [-0.2, 0) is 0 Å². The summed E-state index contributed by atoms with van der Waals surface area (Å²) in [7, 11) is -3.80. The maximum Gasteiger partial charge on any atom is 0.427 e. The van der Waals surface area contributed by atoms with Crippen molar-refractivity contribution < 1.29 is 4.80 Å². The van der Waals surface area contributed by atoms with Crippen molar-refractivity contribution in [3.8, 4) is 0 Å². The van der Waals surface area contributed by atoms with Crippen molar-refractivity contribution in [2.24, 2.45) is 30.0 Å². The highest BCUT2D eigenvalue weighted by Gasteiger charge is 2.42. The molecular formula is C33H20N8OSi. The molecule has 0 spiro atoms. The summed E-state index contributed by atoms with van der Waals surface area (Å²) in [4.78, 5) is 43.8. The Balaban J connectivity index is 1.53. The lowest BCUT2D eigenvalue weighted by atomic mass is 10.1. The molecule has 202 valence electrons. The van der Waals surface area contributed by atoms with E-state index in [1.165, 1.54) is 0 Å². The van der Waals surface area contributed by atoms with Crippen LogP contribution < -0.4 is 11.0 Å². The van der Waals surface area contributed by atoms with Crippen LogP contribution in [0, 0.1) is 0 Å². The van der Waals surface area contributed by atoms with Crippen LogP contribution in [0.15, 0.2) is 127 Å². The molecule has 1 N–H and O–H groups in total. The van der Waals surface area contributed by atoms with Gasteiger partial charge in [-0.15, -0.1) is 0 Å². The molecule has 0 aliphatic carbocycles. The van der Waals surface area contributed by atoms with Gasteiger partial charge in [-0.3, -0.25) is 8.47 Å². The van der Waals surface area contributed by atoms with Crippen molar-refractivity contribution in [2.75, 3.05) is 0 Å². The van der Waals surface area contributed by atoms with Gasteiger partial charge in [-0.25, -0.2) is 30.0 Å². The van der Waals surface area contributed by atoms with Crippen molar-refractivity contribution in [1.29, 1.82) is 0 Å². The van der Waals surface area contributed by atoms with Gasteiger partial charge in [-0.2, -0.15) is 0 Å². The van der Waals surface area contributed by atoms with Crippen molar-refractivity contribution >= 4 is 65.2 Å². The maximum absolute atomic E-state index is 13.1. The van der Waals surface area contributed by atoms with Gasteiger partial charge in [0.25, 0.3) is 0 Å². The highest BCUT2D eigenvalue weighted by molar-refractivity contribution is 6.69. The van der Waals surface area contributed by atoms with Crippen molar-refractivity contribution in [3.63, 3.8) is 0 Å². The lowest BCUT2D eigenvalue weighted by Crippen LogP contribution is -2.57. The molecule has 10 heteroatoms.